The van der Waals surface area contributed by atoms with Gasteiger partial charge >= 0.3 is 0 Å². The summed E-state index contributed by atoms with van der Waals surface area (Å²) >= 11 is 0. The van der Waals surface area contributed by atoms with Gasteiger partial charge in [0.05, 0.1) is 18.8 Å². The molecule has 1 amide bonds. The fraction of sp³-hybridized carbons (Fsp3) is 0.500. The second-order valence-electron chi connectivity index (χ2n) is 10.0. The predicted molar refractivity (Wildman–Crippen MR) is 131 cm³/mol. The lowest BCUT2D eigenvalue weighted by Crippen LogP contribution is -2.52. The summed E-state index contributed by atoms with van der Waals surface area (Å²) in [6.07, 6.45) is 1.80. The highest BCUT2D eigenvalue weighted by atomic mass is 28.4. The van der Waals surface area contributed by atoms with Crippen LogP contribution in [-0.2, 0) is 15.8 Å². The monoisotopic (exact) mass is 455 g/mol. The normalized spacial score (nSPS) is 19.8. The maximum atomic E-state index is 13.0. The third-order valence-corrected chi connectivity index (χ3v) is 11.0. The minimum absolute atomic E-state index is 0.0316. The quantitative estimate of drug-likeness (QED) is 0.555. The molecule has 1 N–H and O–H groups in total. The highest BCUT2D eigenvalue weighted by Gasteiger charge is 2.41. The smallest absolute Gasteiger partial charge is 0.251 e. The van der Waals surface area contributed by atoms with E-state index in [0.717, 1.165) is 24.2 Å². The van der Waals surface area contributed by atoms with Gasteiger partial charge in [0.2, 0.25) is 0 Å². The highest BCUT2D eigenvalue weighted by Crippen LogP contribution is 2.38. The van der Waals surface area contributed by atoms with E-state index < -0.39 is 8.32 Å². The number of benzene rings is 2. The van der Waals surface area contributed by atoms with E-state index >= 15 is 0 Å². The summed E-state index contributed by atoms with van der Waals surface area (Å²) < 4.78 is 18.3. The van der Waals surface area contributed by atoms with Crippen LogP contribution in [0.2, 0.25) is 18.1 Å². The molecular formula is C26H37NO4Si. The van der Waals surface area contributed by atoms with Crippen molar-refractivity contribution in [3.63, 3.8) is 0 Å². The van der Waals surface area contributed by atoms with Crippen LogP contribution in [0.25, 0.3) is 0 Å². The molecule has 0 radical (unpaired) electrons. The number of hydrogen-bond donors (Lipinski definition) is 1. The summed E-state index contributed by atoms with van der Waals surface area (Å²) in [5, 5.41) is 3.28. The molecule has 0 saturated carbocycles. The minimum Gasteiger partial charge on any atom is -0.489 e. The van der Waals surface area contributed by atoms with Crippen LogP contribution in [0.1, 0.15) is 49.5 Å². The third kappa shape index (κ3) is 6.67. The topological polar surface area (TPSA) is 56.8 Å². The molecule has 2 aromatic carbocycles. The van der Waals surface area contributed by atoms with E-state index in [-0.39, 0.29) is 23.1 Å². The van der Waals surface area contributed by atoms with Crippen molar-refractivity contribution >= 4 is 14.2 Å². The van der Waals surface area contributed by atoms with Gasteiger partial charge in [-0.3, -0.25) is 4.79 Å². The molecule has 0 spiro atoms. The molecule has 5 nitrogen and oxygen atoms in total. The zero-order valence-corrected chi connectivity index (χ0v) is 21.0. The molecule has 1 saturated heterocycles. The highest BCUT2D eigenvalue weighted by molar-refractivity contribution is 6.74. The van der Waals surface area contributed by atoms with Crippen molar-refractivity contribution in [2.45, 2.75) is 70.5 Å². The molecule has 1 fully saturated rings. The van der Waals surface area contributed by atoms with Crippen LogP contribution in [0.5, 0.6) is 5.75 Å². The summed E-state index contributed by atoms with van der Waals surface area (Å²) in [5.41, 5.74) is 1.71. The number of hydrogen-bond acceptors (Lipinski definition) is 4. The van der Waals surface area contributed by atoms with E-state index in [1.165, 1.54) is 0 Å². The predicted octanol–water partition coefficient (Wildman–Crippen LogP) is 5.56. The maximum Gasteiger partial charge on any atom is 0.251 e. The lowest BCUT2D eigenvalue weighted by molar-refractivity contribution is 0.0689. The zero-order chi connectivity index (χ0) is 23.2. The average molecular weight is 456 g/mol. The van der Waals surface area contributed by atoms with Crippen LogP contribution in [0.3, 0.4) is 0 Å². The minimum atomic E-state index is -1.95. The fourth-order valence-electron chi connectivity index (χ4n) is 3.43. The first-order chi connectivity index (χ1) is 15.2. The number of nitrogens with one attached hydrogen (secondary N) is 1. The van der Waals surface area contributed by atoms with Gasteiger partial charge in [-0.15, -0.1) is 0 Å². The second kappa shape index (κ2) is 10.6. The number of amides is 1. The Kier molecular flexibility index (Phi) is 8.14. The largest absolute Gasteiger partial charge is 0.489 e. The van der Waals surface area contributed by atoms with E-state index in [4.69, 9.17) is 13.9 Å². The van der Waals surface area contributed by atoms with E-state index in [2.05, 4.69) is 39.2 Å². The Morgan fingerprint density at radius 1 is 1.09 bits per heavy atom. The average Bonchev–Trinajstić information content (AvgIpc) is 2.97. The Morgan fingerprint density at radius 2 is 1.78 bits per heavy atom. The molecule has 0 aromatic heterocycles. The number of carbonyl (C=O) groups excluding carboxylic acids is 1. The zero-order valence-electron chi connectivity index (χ0n) is 20.0. The van der Waals surface area contributed by atoms with Gasteiger partial charge in [0.15, 0.2) is 8.32 Å². The molecule has 1 heterocycles. The van der Waals surface area contributed by atoms with Gasteiger partial charge in [0.25, 0.3) is 5.91 Å². The Balaban J connectivity index is 1.62. The lowest BCUT2D eigenvalue weighted by atomic mass is 10.1. The molecule has 32 heavy (non-hydrogen) atoms. The summed E-state index contributed by atoms with van der Waals surface area (Å²) in [4.78, 5) is 13.0. The van der Waals surface area contributed by atoms with Crippen molar-refractivity contribution in [1.82, 2.24) is 5.32 Å². The van der Waals surface area contributed by atoms with Gasteiger partial charge in [0, 0.05) is 12.2 Å². The molecule has 1 aliphatic rings. The fourth-order valence-corrected chi connectivity index (χ4v) is 4.82. The number of ether oxygens (including phenoxy) is 2. The first-order valence-corrected chi connectivity index (χ1v) is 14.4. The summed E-state index contributed by atoms with van der Waals surface area (Å²) in [7, 11) is -1.95. The Labute approximate surface area is 193 Å². The van der Waals surface area contributed by atoms with Crippen LogP contribution in [0.4, 0.5) is 0 Å². The molecule has 2 atom stereocenters. The van der Waals surface area contributed by atoms with Crippen molar-refractivity contribution in [3.8, 4) is 5.75 Å². The van der Waals surface area contributed by atoms with Gasteiger partial charge in [0.1, 0.15) is 12.4 Å². The summed E-state index contributed by atoms with van der Waals surface area (Å²) in [6, 6.07) is 17.1. The van der Waals surface area contributed by atoms with Crippen molar-refractivity contribution in [1.29, 1.82) is 0 Å². The molecule has 6 heteroatoms. The van der Waals surface area contributed by atoms with Crippen molar-refractivity contribution in [2.75, 3.05) is 13.2 Å². The first-order valence-electron chi connectivity index (χ1n) is 11.5. The van der Waals surface area contributed by atoms with Gasteiger partial charge in [-0.25, -0.2) is 0 Å². The molecule has 0 bridgehead atoms. The van der Waals surface area contributed by atoms with E-state index in [1.807, 2.05) is 42.5 Å². The SMILES string of the molecule is CC(C)(C)[Si](C)(C)O[C@@H]1CCCOC[C@H]1NC(=O)c1ccc(OCc2ccccc2)cc1. The van der Waals surface area contributed by atoms with E-state index in [9.17, 15) is 4.79 Å². The Bertz CT molecular complexity index is 862. The van der Waals surface area contributed by atoms with Crippen LogP contribution in [0.15, 0.2) is 54.6 Å². The molecule has 2 aromatic rings. The molecule has 1 aliphatic heterocycles. The van der Waals surface area contributed by atoms with Gasteiger partial charge in [-0.1, -0.05) is 51.1 Å². The first kappa shape index (κ1) is 24.5. The van der Waals surface area contributed by atoms with Crippen LogP contribution >= 0.6 is 0 Å². The van der Waals surface area contributed by atoms with E-state index in [0.29, 0.717) is 25.4 Å². The molecule has 0 unspecified atom stereocenters. The lowest BCUT2D eigenvalue weighted by Gasteiger charge is -2.41. The van der Waals surface area contributed by atoms with Crippen molar-refractivity contribution in [3.05, 3.63) is 65.7 Å². The maximum absolute atomic E-state index is 13.0. The molecule has 3 rings (SSSR count). The summed E-state index contributed by atoms with van der Waals surface area (Å²) in [5.74, 6) is 0.626. The molecule has 0 aliphatic carbocycles. The van der Waals surface area contributed by atoms with E-state index in [1.54, 1.807) is 12.1 Å². The molecular weight excluding hydrogens is 418 g/mol. The summed E-state index contributed by atoms with van der Waals surface area (Å²) in [6.45, 7) is 12.9. The van der Waals surface area contributed by atoms with Crippen LogP contribution in [0, 0.1) is 0 Å². The standard InChI is InChI=1S/C26H37NO4Si/c1-26(2,3)32(4,5)31-24-12-9-17-29-19-23(24)27-25(28)21-13-15-22(16-14-21)30-18-20-10-7-6-8-11-20/h6-8,10-11,13-16,23-24H,9,12,17-19H2,1-5H3,(H,27,28)/t23-,24-/m1/s1. The second-order valence-corrected chi connectivity index (χ2v) is 14.8. The van der Waals surface area contributed by atoms with Crippen LogP contribution < -0.4 is 10.1 Å². The number of rotatable bonds is 7. The Hall–Kier alpha value is -2.15. The van der Waals surface area contributed by atoms with Crippen molar-refractivity contribution in [2.24, 2.45) is 0 Å². The van der Waals surface area contributed by atoms with Gasteiger partial charge in [-0.2, -0.15) is 0 Å². The number of carbonyl (C=O) groups is 1. The van der Waals surface area contributed by atoms with Gasteiger partial charge < -0.3 is 19.2 Å². The van der Waals surface area contributed by atoms with Crippen molar-refractivity contribution < 1.29 is 18.7 Å². The Morgan fingerprint density at radius 3 is 2.44 bits per heavy atom. The van der Waals surface area contributed by atoms with Gasteiger partial charge in [-0.05, 0) is 60.8 Å². The van der Waals surface area contributed by atoms with Crippen LogP contribution in [-0.4, -0.2) is 39.6 Å². The third-order valence-electron chi connectivity index (χ3n) is 6.46. The molecule has 174 valence electrons.